The van der Waals surface area contributed by atoms with Crippen LogP contribution in [0.2, 0.25) is 0 Å². The second-order valence-corrected chi connectivity index (χ2v) is 8.26. The minimum Gasteiger partial charge on any atom is -0.378 e. The van der Waals surface area contributed by atoms with Gasteiger partial charge >= 0.3 is 0 Å². The molecule has 0 radical (unpaired) electrons. The van der Waals surface area contributed by atoms with Gasteiger partial charge in [-0.1, -0.05) is 13.8 Å². The van der Waals surface area contributed by atoms with Gasteiger partial charge in [0.25, 0.3) is 0 Å². The molecule has 3 heterocycles. The molecule has 1 aromatic heterocycles. The van der Waals surface area contributed by atoms with Gasteiger partial charge in [-0.3, -0.25) is 14.8 Å². The van der Waals surface area contributed by atoms with Gasteiger partial charge < -0.3 is 9.64 Å². The number of amides is 1. The van der Waals surface area contributed by atoms with Crippen LogP contribution in [0.3, 0.4) is 0 Å². The van der Waals surface area contributed by atoms with Crippen LogP contribution in [-0.4, -0.2) is 65.3 Å². The average Bonchev–Trinajstić information content (AvgIpc) is 3.07. The first kappa shape index (κ1) is 19.4. The van der Waals surface area contributed by atoms with Crippen LogP contribution in [0, 0.1) is 11.8 Å². The summed E-state index contributed by atoms with van der Waals surface area (Å²) in [5.74, 6) is 1.57. The van der Waals surface area contributed by atoms with Gasteiger partial charge in [-0.25, -0.2) is 0 Å². The monoisotopic (exact) mass is 362 g/mol. The van der Waals surface area contributed by atoms with Crippen molar-refractivity contribution in [2.24, 2.45) is 11.8 Å². The summed E-state index contributed by atoms with van der Waals surface area (Å²) in [6.45, 7) is 10.5. The topological polar surface area (TPSA) is 61.5 Å². The maximum atomic E-state index is 12.3. The van der Waals surface area contributed by atoms with Crippen LogP contribution in [0.5, 0.6) is 0 Å². The van der Waals surface area contributed by atoms with Crippen molar-refractivity contribution in [3.05, 3.63) is 17.5 Å². The van der Waals surface area contributed by atoms with Crippen molar-refractivity contribution >= 4 is 5.91 Å². The maximum Gasteiger partial charge on any atom is 0.222 e. The summed E-state index contributed by atoms with van der Waals surface area (Å²) >= 11 is 0. The molecule has 0 unspecified atom stereocenters. The molecule has 2 aliphatic heterocycles. The number of likely N-dealkylation sites (tertiary alicyclic amines) is 1. The second-order valence-electron chi connectivity index (χ2n) is 8.26. The lowest BCUT2D eigenvalue weighted by molar-refractivity contribution is -0.135. The lowest BCUT2D eigenvalue weighted by Gasteiger charge is -2.33. The number of nitrogens with one attached hydrogen (secondary N) is 1. The Morgan fingerprint density at radius 1 is 1.35 bits per heavy atom. The third-order valence-electron chi connectivity index (χ3n) is 5.43. The van der Waals surface area contributed by atoms with Gasteiger partial charge in [-0.15, -0.1) is 0 Å². The molecule has 1 aromatic rings. The summed E-state index contributed by atoms with van der Waals surface area (Å²) in [5.41, 5.74) is 2.38. The number of hydrogen-bond acceptors (Lipinski definition) is 4. The van der Waals surface area contributed by atoms with Crippen LogP contribution in [-0.2, 0) is 22.5 Å². The molecule has 0 saturated carbocycles. The SMILES string of the molecule is CC(C)Cc1cc(CN2CCC[C@@H](CCC(=O)N3CCOCC3)C2)[nH]n1. The van der Waals surface area contributed by atoms with Gasteiger partial charge in [0, 0.05) is 38.3 Å². The van der Waals surface area contributed by atoms with Crippen molar-refractivity contribution in [1.29, 1.82) is 0 Å². The quantitative estimate of drug-likeness (QED) is 0.809. The number of rotatable bonds is 7. The third-order valence-corrected chi connectivity index (χ3v) is 5.43. The number of piperidine rings is 1. The van der Waals surface area contributed by atoms with Crippen LogP contribution in [0.15, 0.2) is 6.07 Å². The summed E-state index contributed by atoms with van der Waals surface area (Å²) in [5, 5.41) is 7.64. The molecule has 1 N–H and O–H groups in total. The number of carbonyl (C=O) groups excluding carboxylic acids is 1. The largest absolute Gasteiger partial charge is 0.378 e. The van der Waals surface area contributed by atoms with E-state index in [-0.39, 0.29) is 0 Å². The van der Waals surface area contributed by atoms with E-state index in [9.17, 15) is 4.79 Å². The van der Waals surface area contributed by atoms with E-state index >= 15 is 0 Å². The number of aromatic amines is 1. The summed E-state index contributed by atoms with van der Waals surface area (Å²) in [7, 11) is 0. The molecule has 0 spiro atoms. The molecule has 6 heteroatoms. The van der Waals surface area contributed by atoms with E-state index in [1.54, 1.807) is 0 Å². The number of carbonyl (C=O) groups is 1. The number of nitrogens with zero attached hydrogens (tertiary/aromatic N) is 3. The van der Waals surface area contributed by atoms with E-state index in [0.717, 1.165) is 45.6 Å². The van der Waals surface area contributed by atoms with Crippen molar-refractivity contribution in [3.8, 4) is 0 Å². The Morgan fingerprint density at radius 2 is 2.15 bits per heavy atom. The molecular formula is C20H34N4O2. The molecule has 1 atom stereocenters. The molecule has 26 heavy (non-hydrogen) atoms. The van der Waals surface area contributed by atoms with Crippen molar-refractivity contribution in [1.82, 2.24) is 20.0 Å². The number of hydrogen-bond donors (Lipinski definition) is 1. The second kappa shape index (κ2) is 9.51. The predicted octanol–water partition coefficient (Wildman–Crippen LogP) is 2.46. The Kier molecular flexibility index (Phi) is 7.08. The molecule has 2 saturated heterocycles. The Hall–Kier alpha value is -1.40. The van der Waals surface area contributed by atoms with Gasteiger partial charge in [0.05, 0.1) is 18.9 Å². The van der Waals surface area contributed by atoms with Gasteiger partial charge in [0.1, 0.15) is 0 Å². The van der Waals surface area contributed by atoms with Gasteiger partial charge in [0.2, 0.25) is 5.91 Å². The molecule has 146 valence electrons. The van der Waals surface area contributed by atoms with Crippen molar-refractivity contribution < 1.29 is 9.53 Å². The first-order chi connectivity index (χ1) is 12.6. The van der Waals surface area contributed by atoms with Gasteiger partial charge in [-0.2, -0.15) is 5.10 Å². The summed E-state index contributed by atoms with van der Waals surface area (Å²) in [6.07, 6.45) is 5.19. The van der Waals surface area contributed by atoms with E-state index < -0.39 is 0 Å². The molecule has 3 rings (SSSR count). The molecule has 0 aliphatic carbocycles. The van der Waals surface area contributed by atoms with Gasteiger partial charge in [-0.05, 0) is 50.1 Å². The molecular weight excluding hydrogens is 328 g/mol. The molecule has 6 nitrogen and oxygen atoms in total. The summed E-state index contributed by atoms with van der Waals surface area (Å²) < 4.78 is 5.33. The number of aromatic nitrogens is 2. The van der Waals surface area contributed by atoms with E-state index in [1.165, 1.54) is 24.2 Å². The van der Waals surface area contributed by atoms with Crippen molar-refractivity contribution in [3.63, 3.8) is 0 Å². The maximum absolute atomic E-state index is 12.3. The minimum absolute atomic E-state index is 0.303. The Balaban J connectivity index is 1.42. The third kappa shape index (κ3) is 5.81. The fourth-order valence-electron chi connectivity index (χ4n) is 4.08. The van der Waals surface area contributed by atoms with E-state index in [0.29, 0.717) is 37.4 Å². The average molecular weight is 363 g/mol. The number of morpholine rings is 1. The highest BCUT2D eigenvalue weighted by Crippen LogP contribution is 2.23. The van der Waals surface area contributed by atoms with Crippen molar-refractivity contribution in [2.45, 2.75) is 52.5 Å². The number of H-pyrrole nitrogens is 1. The molecule has 0 aromatic carbocycles. The zero-order valence-electron chi connectivity index (χ0n) is 16.4. The molecule has 2 fully saturated rings. The summed E-state index contributed by atoms with van der Waals surface area (Å²) in [4.78, 5) is 16.8. The number of ether oxygens (including phenoxy) is 1. The predicted molar refractivity (Wildman–Crippen MR) is 102 cm³/mol. The molecule has 0 bridgehead atoms. The fourth-order valence-corrected chi connectivity index (χ4v) is 4.08. The summed E-state index contributed by atoms with van der Waals surface area (Å²) in [6, 6.07) is 2.21. The highest BCUT2D eigenvalue weighted by atomic mass is 16.5. The minimum atomic E-state index is 0.303. The van der Waals surface area contributed by atoms with Crippen LogP contribution < -0.4 is 0 Å². The van der Waals surface area contributed by atoms with Crippen LogP contribution in [0.4, 0.5) is 0 Å². The highest BCUT2D eigenvalue weighted by molar-refractivity contribution is 5.76. The lowest BCUT2D eigenvalue weighted by atomic mass is 9.93. The van der Waals surface area contributed by atoms with E-state index in [1.807, 2.05) is 4.90 Å². The van der Waals surface area contributed by atoms with Crippen molar-refractivity contribution in [2.75, 3.05) is 39.4 Å². The van der Waals surface area contributed by atoms with Crippen LogP contribution in [0.1, 0.15) is 50.9 Å². The molecule has 2 aliphatic rings. The van der Waals surface area contributed by atoms with E-state index in [2.05, 4.69) is 35.0 Å². The first-order valence-corrected chi connectivity index (χ1v) is 10.2. The Labute approximate surface area is 157 Å². The van der Waals surface area contributed by atoms with E-state index in [4.69, 9.17) is 4.74 Å². The smallest absolute Gasteiger partial charge is 0.222 e. The first-order valence-electron chi connectivity index (χ1n) is 10.2. The van der Waals surface area contributed by atoms with Crippen LogP contribution in [0.25, 0.3) is 0 Å². The van der Waals surface area contributed by atoms with Crippen LogP contribution >= 0.6 is 0 Å². The normalized spacial score (nSPS) is 22.1. The lowest BCUT2D eigenvalue weighted by Crippen LogP contribution is -2.41. The fraction of sp³-hybridized carbons (Fsp3) is 0.800. The standard InChI is InChI=1S/C20H34N4O2/c1-16(2)12-18-13-19(22-21-18)15-23-7-3-4-17(14-23)5-6-20(25)24-8-10-26-11-9-24/h13,16-17H,3-12,14-15H2,1-2H3,(H,21,22)/t17-/m0/s1. The zero-order chi connectivity index (χ0) is 18.4. The Bertz CT molecular complexity index is 566. The zero-order valence-corrected chi connectivity index (χ0v) is 16.4. The highest BCUT2D eigenvalue weighted by Gasteiger charge is 2.23. The van der Waals surface area contributed by atoms with Gasteiger partial charge in [0.15, 0.2) is 0 Å². The Morgan fingerprint density at radius 3 is 2.92 bits per heavy atom. The molecule has 1 amide bonds.